The highest BCUT2D eigenvalue weighted by molar-refractivity contribution is 6.32. The Labute approximate surface area is 91.1 Å². The molecule has 0 amide bonds. The molecule has 2 nitrogen and oxygen atoms in total. The van der Waals surface area contributed by atoms with Gasteiger partial charge in [-0.05, 0) is 0 Å². The number of aromatic hydroxyl groups is 1. The lowest BCUT2D eigenvalue weighted by Crippen LogP contribution is -2.25. The average Bonchev–Trinajstić information content (AvgIpc) is 2.14. The molecule has 1 rings (SSSR count). The maximum absolute atomic E-state index is 13.6. The molecule has 0 heterocycles. The Hall–Kier alpha value is -0.870. The Bertz CT molecular complexity index is 391. The topological polar surface area (TPSA) is 40.5 Å². The fourth-order valence-corrected chi connectivity index (χ4v) is 1.43. The first-order valence-corrected chi connectivity index (χ1v) is 4.67. The van der Waals surface area contributed by atoms with Crippen molar-refractivity contribution in [2.45, 2.75) is 19.3 Å². The second kappa shape index (κ2) is 3.94. The molecule has 84 valence electrons. The molecule has 2 N–H and O–H groups in total. The van der Waals surface area contributed by atoms with Gasteiger partial charge in [-0.3, -0.25) is 0 Å². The van der Waals surface area contributed by atoms with Gasteiger partial charge in [0.15, 0.2) is 5.82 Å². The zero-order valence-electron chi connectivity index (χ0n) is 8.31. The molecule has 0 radical (unpaired) electrons. The van der Waals surface area contributed by atoms with Gasteiger partial charge in [0.05, 0.1) is 6.61 Å². The van der Waals surface area contributed by atoms with E-state index in [1.807, 2.05) is 0 Å². The van der Waals surface area contributed by atoms with Crippen LogP contribution in [0.1, 0.15) is 19.4 Å². The highest BCUT2D eigenvalue weighted by atomic mass is 35.5. The zero-order valence-corrected chi connectivity index (χ0v) is 9.07. The van der Waals surface area contributed by atoms with E-state index in [9.17, 15) is 8.78 Å². The minimum atomic E-state index is -1.09. The highest BCUT2D eigenvalue weighted by Gasteiger charge is 2.30. The maximum atomic E-state index is 13.6. The Morgan fingerprint density at radius 2 is 1.93 bits per heavy atom. The molecule has 0 bridgehead atoms. The van der Waals surface area contributed by atoms with Crippen molar-refractivity contribution in [1.82, 2.24) is 0 Å². The van der Waals surface area contributed by atoms with Gasteiger partial charge in [0.1, 0.15) is 16.6 Å². The van der Waals surface area contributed by atoms with Crippen LogP contribution in [0.2, 0.25) is 5.02 Å². The summed E-state index contributed by atoms with van der Waals surface area (Å²) in [7, 11) is 0. The lowest BCUT2D eigenvalue weighted by molar-refractivity contribution is 0.210. The largest absolute Gasteiger partial charge is 0.506 e. The molecule has 1 aromatic rings. The first-order valence-electron chi connectivity index (χ1n) is 4.29. The third kappa shape index (κ3) is 2.06. The van der Waals surface area contributed by atoms with Crippen LogP contribution in [-0.2, 0) is 5.41 Å². The van der Waals surface area contributed by atoms with Crippen LogP contribution in [0.25, 0.3) is 0 Å². The number of rotatable bonds is 2. The summed E-state index contributed by atoms with van der Waals surface area (Å²) in [5.41, 5.74) is -1.42. The van der Waals surface area contributed by atoms with Gasteiger partial charge in [-0.2, -0.15) is 0 Å². The molecule has 0 aromatic heterocycles. The van der Waals surface area contributed by atoms with Crippen LogP contribution in [0.15, 0.2) is 6.07 Å². The molecule has 0 saturated carbocycles. The minimum Gasteiger partial charge on any atom is -0.506 e. The molecule has 15 heavy (non-hydrogen) atoms. The molecule has 0 aliphatic carbocycles. The summed E-state index contributed by atoms with van der Waals surface area (Å²) in [6, 6.07) is 0.734. The van der Waals surface area contributed by atoms with Crippen LogP contribution in [0, 0.1) is 11.6 Å². The fraction of sp³-hybridized carbons (Fsp3) is 0.400. The molecule has 0 atom stereocenters. The molecule has 0 spiro atoms. The monoisotopic (exact) mass is 236 g/mol. The number of halogens is 3. The number of aliphatic hydroxyl groups excluding tert-OH is 1. The molecule has 0 unspecified atom stereocenters. The fourth-order valence-electron chi connectivity index (χ4n) is 1.28. The molecule has 0 aliphatic rings. The first-order chi connectivity index (χ1) is 6.81. The van der Waals surface area contributed by atoms with Crippen LogP contribution >= 0.6 is 11.6 Å². The smallest absolute Gasteiger partial charge is 0.152 e. The summed E-state index contributed by atoms with van der Waals surface area (Å²) < 4.78 is 27.0. The number of hydrogen-bond donors (Lipinski definition) is 2. The van der Waals surface area contributed by atoms with Gasteiger partial charge in [-0.15, -0.1) is 0 Å². The van der Waals surface area contributed by atoms with E-state index in [1.54, 1.807) is 0 Å². The van der Waals surface area contributed by atoms with Crippen LogP contribution in [0.5, 0.6) is 5.75 Å². The summed E-state index contributed by atoms with van der Waals surface area (Å²) in [4.78, 5) is 0. The van der Waals surface area contributed by atoms with Crippen molar-refractivity contribution < 1.29 is 19.0 Å². The summed E-state index contributed by atoms with van der Waals surface area (Å²) in [5, 5.41) is 17.6. The highest BCUT2D eigenvalue weighted by Crippen LogP contribution is 2.36. The Balaban J connectivity index is 3.49. The molecular formula is C10H11ClF2O2. The van der Waals surface area contributed by atoms with E-state index in [0.717, 1.165) is 6.07 Å². The third-order valence-electron chi connectivity index (χ3n) is 2.21. The third-order valence-corrected chi connectivity index (χ3v) is 2.57. The van der Waals surface area contributed by atoms with Gasteiger partial charge >= 0.3 is 0 Å². The summed E-state index contributed by atoms with van der Waals surface area (Å²) in [5.74, 6) is -2.61. The number of hydrogen-bond acceptors (Lipinski definition) is 2. The predicted molar refractivity (Wildman–Crippen MR) is 53.1 cm³/mol. The lowest BCUT2D eigenvalue weighted by atomic mass is 9.84. The van der Waals surface area contributed by atoms with Crippen molar-refractivity contribution in [3.63, 3.8) is 0 Å². The van der Waals surface area contributed by atoms with Gasteiger partial charge in [0, 0.05) is 17.0 Å². The normalized spacial score (nSPS) is 11.9. The minimum absolute atomic E-state index is 0.326. The first kappa shape index (κ1) is 12.2. The number of aliphatic hydroxyl groups is 1. The maximum Gasteiger partial charge on any atom is 0.152 e. The lowest BCUT2D eigenvalue weighted by Gasteiger charge is -2.24. The summed E-state index contributed by atoms with van der Waals surface area (Å²) >= 11 is 5.44. The number of phenolic OH excluding ortho intramolecular Hbond substituents is 1. The van der Waals surface area contributed by atoms with E-state index in [-0.39, 0.29) is 5.56 Å². The standard InChI is InChI=1S/C10H11ClF2O2/c1-10(2,4-14)7-5(12)3-6(15)8(11)9(7)13/h3,14-15H,4H2,1-2H3. The van der Waals surface area contributed by atoms with E-state index >= 15 is 0 Å². The van der Waals surface area contributed by atoms with Gasteiger partial charge < -0.3 is 10.2 Å². The van der Waals surface area contributed by atoms with Crippen molar-refractivity contribution in [3.05, 3.63) is 28.3 Å². The second-order valence-corrected chi connectivity index (χ2v) is 4.30. The van der Waals surface area contributed by atoms with Crippen molar-refractivity contribution in [1.29, 1.82) is 0 Å². The molecule has 0 aliphatic heterocycles. The van der Waals surface area contributed by atoms with Crippen molar-refractivity contribution in [2.75, 3.05) is 6.61 Å². The van der Waals surface area contributed by atoms with Crippen molar-refractivity contribution >= 4 is 11.6 Å². The molecule has 0 fully saturated rings. The van der Waals surface area contributed by atoms with E-state index < -0.39 is 34.4 Å². The van der Waals surface area contributed by atoms with Crippen LogP contribution in [0.3, 0.4) is 0 Å². The van der Waals surface area contributed by atoms with Gasteiger partial charge in [-0.25, -0.2) is 8.78 Å². The predicted octanol–water partition coefficient (Wildman–Crippen LogP) is 2.59. The van der Waals surface area contributed by atoms with Crippen molar-refractivity contribution in [2.24, 2.45) is 0 Å². The van der Waals surface area contributed by atoms with Crippen molar-refractivity contribution in [3.8, 4) is 5.75 Å². The Morgan fingerprint density at radius 3 is 2.40 bits per heavy atom. The molecule has 5 heteroatoms. The van der Waals surface area contributed by atoms with Crippen LogP contribution in [0.4, 0.5) is 8.78 Å². The van der Waals surface area contributed by atoms with Crippen LogP contribution < -0.4 is 0 Å². The van der Waals surface area contributed by atoms with E-state index in [2.05, 4.69) is 0 Å². The van der Waals surface area contributed by atoms with E-state index in [1.165, 1.54) is 13.8 Å². The second-order valence-electron chi connectivity index (χ2n) is 3.92. The number of benzene rings is 1. The van der Waals surface area contributed by atoms with Gasteiger partial charge in [-0.1, -0.05) is 25.4 Å². The molecular weight excluding hydrogens is 226 g/mol. The Kier molecular flexibility index (Phi) is 3.21. The van der Waals surface area contributed by atoms with Gasteiger partial charge in [0.2, 0.25) is 0 Å². The van der Waals surface area contributed by atoms with Crippen LogP contribution in [-0.4, -0.2) is 16.8 Å². The summed E-state index contributed by atoms with van der Waals surface area (Å²) in [6.07, 6.45) is 0. The molecule has 0 saturated heterocycles. The van der Waals surface area contributed by atoms with Gasteiger partial charge in [0.25, 0.3) is 0 Å². The molecule has 1 aromatic carbocycles. The summed E-state index contributed by atoms with van der Waals surface area (Å²) in [6.45, 7) is 2.52. The van der Waals surface area contributed by atoms with E-state index in [4.69, 9.17) is 21.8 Å². The van der Waals surface area contributed by atoms with E-state index in [0.29, 0.717) is 0 Å². The zero-order chi connectivity index (χ0) is 11.8. The SMILES string of the molecule is CC(C)(CO)c1c(F)cc(O)c(Cl)c1F. The average molecular weight is 237 g/mol. The number of phenols is 1. The quantitative estimate of drug-likeness (QED) is 0.775. The Morgan fingerprint density at radius 1 is 1.40 bits per heavy atom.